The Morgan fingerprint density at radius 2 is 1.00 bits per heavy atom. The zero-order valence-electron chi connectivity index (χ0n) is 15.5. The highest BCUT2D eigenvalue weighted by Crippen LogP contribution is 2.56. The average molecular weight is 393 g/mol. The van der Waals surface area contributed by atoms with Crippen LogP contribution in [0.15, 0.2) is 97.1 Å². The van der Waals surface area contributed by atoms with E-state index in [0.29, 0.717) is 0 Å². The maximum atomic E-state index is 7.16. The maximum Gasteiger partial charge on any atom is 0.0892 e. The van der Waals surface area contributed by atoms with Crippen molar-refractivity contribution in [2.75, 3.05) is 0 Å². The van der Waals surface area contributed by atoms with Gasteiger partial charge in [0, 0.05) is 5.41 Å². The van der Waals surface area contributed by atoms with E-state index in [0.717, 1.165) is 22.3 Å². The molecular formula is C25H22Cl2. The van der Waals surface area contributed by atoms with E-state index < -0.39 is 15.2 Å². The summed E-state index contributed by atoms with van der Waals surface area (Å²) in [5.74, 6) is 0. The normalized spacial score (nSPS) is 27.0. The molecule has 2 unspecified atom stereocenters. The van der Waals surface area contributed by atoms with Crippen molar-refractivity contribution in [3.63, 3.8) is 0 Å². The molecule has 0 heterocycles. The molecule has 2 heteroatoms. The Kier molecular flexibility index (Phi) is 4.45. The number of benzene rings is 2. The van der Waals surface area contributed by atoms with Gasteiger partial charge in [0.1, 0.15) is 0 Å². The van der Waals surface area contributed by atoms with E-state index in [1.54, 1.807) is 0 Å². The second kappa shape index (κ2) is 6.55. The molecule has 2 aromatic carbocycles. The molecule has 0 spiro atoms. The van der Waals surface area contributed by atoms with Crippen molar-refractivity contribution in [1.29, 1.82) is 0 Å². The summed E-state index contributed by atoms with van der Waals surface area (Å²) in [6.07, 6.45) is 12.6. The molecule has 0 aromatic heterocycles. The summed E-state index contributed by atoms with van der Waals surface area (Å²) in [5.41, 5.74) is 4.15. The van der Waals surface area contributed by atoms with Crippen LogP contribution in [0.4, 0.5) is 0 Å². The fourth-order valence-corrected chi connectivity index (χ4v) is 4.48. The van der Waals surface area contributed by atoms with Gasteiger partial charge in [-0.05, 0) is 22.3 Å². The Labute approximate surface area is 171 Å². The Balaban J connectivity index is 1.70. The highest BCUT2D eigenvalue weighted by Gasteiger charge is 2.54. The molecule has 0 saturated carbocycles. The van der Waals surface area contributed by atoms with E-state index in [-0.39, 0.29) is 0 Å². The van der Waals surface area contributed by atoms with Crippen LogP contribution in [-0.2, 0) is 0 Å². The van der Waals surface area contributed by atoms with E-state index in [1.165, 1.54) is 0 Å². The van der Waals surface area contributed by atoms with E-state index in [9.17, 15) is 0 Å². The fraction of sp³-hybridized carbons (Fsp3) is 0.200. The lowest BCUT2D eigenvalue weighted by Crippen LogP contribution is -2.48. The second-order valence-electron chi connectivity index (χ2n) is 7.76. The van der Waals surface area contributed by atoms with Gasteiger partial charge in [0.05, 0.1) is 9.75 Å². The lowest BCUT2D eigenvalue weighted by Gasteiger charge is -2.45. The summed E-state index contributed by atoms with van der Waals surface area (Å²) in [5, 5.41) is 0. The molecule has 0 N–H and O–H groups in total. The Morgan fingerprint density at radius 3 is 1.37 bits per heavy atom. The lowest BCUT2D eigenvalue weighted by atomic mass is 9.68. The molecule has 4 rings (SSSR count). The van der Waals surface area contributed by atoms with Gasteiger partial charge in [0.2, 0.25) is 0 Å². The zero-order chi connectivity index (χ0) is 19.1. The summed E-state index contributed by atoms with van der Waals surface area (Å²) in [7, 11) is 0. The molecule has 0 nitrogen and oxygen atoms in total. The van der Waals surface area contributed by atoms with Gasteiger partial charge in [-0.2, -0.15) is 0 Å². The topological polar surface area (TPSA) is 0 Å². The van der Waals surface area contributed by atoms with Crippen LogP contribution in [0.2, 0.25) is 0 Å². The van der Waals surface area contributed by atoms with Crippen LogP contribution >= 0.6 is 23.2 Å². The standard InChI is InChI=1S/C25H22Cl2/c1-23(2,24(26)15-13-21(17-24)19-9-5-3-6-10-19)25(27)16-14-22(18-25)20-11-7-4-8-12-20/h3-18H,1-2H3. The van der Waals surface area contributed by atoms with E-state index in [1.807, 2.05) is 36.4 Å². The number of hydrogen-bond donors (Lipinski definition) is 0. The van der Waals surface area contributed by atoms with Gasteiger partial charge in [-0.1, -0.05) is 111 Å². The van der Waals surface area contributed by atoms with Gasteiger partial charge in [0.15, 0.2) is 0 Å². The minimum Gasteiger partial charge on any atom is -0.109 e. The SMILES string of the molecule is CC(C)(C1(Cl)C=CC(c2ccccc2)=C1)C1(Cl)C=CC(c2ccccc2)=C1. The Bertz CT molecular complexity index is 884. The van der Waals surface area contributed by atoms with Crippen molar-refractivity contribution in [2.45, 2.75) is 23.6 Å². The molecule has 0 bridgehead atoms. The second-order valence-corrected chi connectivity index (χ2v) is 9.01. The average Bonchev–Trinajstić information content (AvgIpc) is 3.29. The van der Waals surface area contributed by atoms with Crippen LogP contribution in [-0.4, -0.2) is 9.75 Å². The first-order valence-electron chi connectivity index (χ1n) is 9.18. The molecule has 136 valence electrons. The molecule has 27 heavy (non-hydrogen) atoms. The maximum absolute atomic E-state index is 7.16. The van der Waals surface area contributed by atoms with Crippen molar-refractivity contribution < 1.29 is 0 Å². The number of rotatable bonds is 4. The lowest BCUT2D eigenvalue weighted by molar-refractivity contribution is 0.293. The van der Waals surface area contributed by atoms with E-state index in [2.05, 4.69) is 74.6 Å². The first kappa shape index (κ1) is 18.3. The predicted molar refractivity (Wildman–Crippen MR) is 118 cm³/mol. The van der Waals surface area contributed by atoms with Gasteiger partial charge < -0.3 is 0 Å². The number of halogens is 2. The van der Waals surface area contributed by atoms with Gasteiger partial charge in [-0.15, -0.1) is 23.2 Å². The van der Waals surface area contributed by atoms with Crippen molar-refractivity contribution in [1.82, 2.24) is 0 Å². The largest absolute Gasteiger partial charge is 0.109 e. The third-order valence-corrected chi connectivity index (χ3v) is 7.29. The first-order chi connectivity index (χ1) is 12.8. The predicted octanol–water partition coefficient (Wildman–Crippen LogP) is 7.27. The van der Waals surface area contributed by atoms with E-state index >= 15 is 0 Å². The van der Waals surface area contributed by atoms with Gasteiger partial charge in [-0.3, -0.25) is 0 Å². The van der Waals surface area contributed by atoms with Crippen LogP contribution in [0, 0.1) is 5.41 Å². The molecule has 0 fully saturated rings. The summed E-state index contributed by atoms with van der Waals surface area (Å²) >= 11 is 14.3. The van der Waals surface area contributed by atoms with Crippen LogP contribution in [0.3, 0.4) is 0 Å². The summed E-state index contributed by atoms with van der Waals surface area (Å²) in [6.45, 7) is 4.27. The molecule has 0 radical (unpaired) electrons. The Hall–Kier alpha value is -2.02. The van der Waals surface area contributed by atoms with Crippen LogP contribution in [0.25, 0.3) is 11.1 Å². The van der Waals surface area contributed by atoms with Crippen molar-refractivity contribution in [3.8, 4) is 0 Å². The quantitative estimate of drug-likeness (QED) is 0.479. The number of alkyl halides is 2. The minimum atomic E-state index is -0.674. The van der Waals surface area contributed by atoms with Crippen LogP contribution in [0.1, 0.15) is 25.0 Å². The highest BCUT2D eigenvalue weighted by molar-refractivity contribution is 6.33. The number of allylic oxidation sites excluding steroid dienone is 8. The number of hydrogen-bond acceptors (Lipinski definition) is 0. The molecule has 0 aliphatic heterocycles. The molecular weight excluding hydrogens is 371 g/mol. The summed E-state index contributed by atoms with van der Waals surface area (Å²) < 4.78 is 0. The smallest absolute Gasteiger partial charge is 0.0892 e. The molecule has 0 saturated heterocycles. The monoisotopic (exact) mass is 392 g/mol. The molecule has 2 aliphatic rings. The minimum absolute atomic E-state index is 0.441. The van der Waals surface area contributed by atoms with Crippen molar-refractivity contribution >= 4 is 34.3 Å². The van der Waals surface area contributed by atoms with Crippen molar-refractivity contribution in [3.05, 3.63) is 108 Å². The van der Waals surface area contributed by atoms with Crippen LogP contribution < -0.4 is 0 Å². The summed E-state index contributed by atoms with van der Waals surface area (Å²) in [6, 6.07) is 20.6. The molecule has 0 amide bonds. The Morgan fingerprint density at radius 1 is 0.630 bits per heavy atom. The third-order valence-electron chi connectivity index (χ3n) is 5.87. The van der Waals surface area contributed by atoms with Gasteiger partial charge in [-0.25, -0.2) is 0 Å². The fourth-order valence-electron chi connectivity index (χ4n) is 3.76. The first-order valence-corrected chi connectivity index (χ1v) is 9.93. The van der Waals surface area contributed by atoms with Gasteiger partial charge in [0.25, 0.3) is 0 Å². The zero-order valence-corrected chi connectivity index (χ0v) is 17.0. The molecule has 2 aliphatic carbocycles. The van der Waals surface area contributed by atoms with Crippen LogP contribution in [0.5, 0.6) is 0 Å². The molecule has 2 aromatic rings. The summed E-state index contributed by atoms with van der Waals surface area (Å²) in [4.78, 5) is -1.35. The van der Waals surface area contributed by atoms with Crippen molar-refractivity contribution in [2.24, 2.45) is 5.41 Å². The highest BCUT2D eigenvalue weighted by atomic mass is 35.5. The molecule has 2 atom stereocenters. The van der Waals surface area contributed by atoms with E-state index in [4.69, 9.17) is 23.2 Å². The third kappa shape index (κ3) is 3.02. The van der Waals surface area contributed by atoms with Gasteiger partial charge >= 0.3 is 0 Å².